The van der Waals surface area contributed by atoms with Gasteiger partial charge < -0.3 is 18.8 Å². The first-order valence-electron chi connectivity index (χ1n) is 8.24. The van der Waals surface area contributed by atoms with Gasteiger partial charge in [-0.05, 0) is 52.9 Å². The highest BCUT2D eigenvalue weighted by molar-refractivity contribution is 7.84. The molecule has 0 amide bonds. The Morgan fingerprint density at radius 1 is 1.25 bits per heavy atom. The van der Waals surface area contributed by atoms with E-state index in [2.05, 4.69) is 9.50 Å². The Labute approximate surface area is 144 Å². The summed E-state index contributed by atoms with van der Waals surface area (Å²) in [6, 6.07) is 0. The standard InChI is InChI=1S/C14H27BN2O6S/c1-13(2)14(3,4)23-15(22-13)7-5-6-10-8-17-9-11(10)12(18)21-24(16,19)20/h10-11,17H,5-9H2,1-4H3,(H2,16,19,20). The maximum absolute atomic E-state index is 11.9. The molecule has 2 saturated heterocycles. The minimum atomic E-state index is -4.26. The number of carbonyl (C=O) groups excluding carboxylic acids is 1. The van der Waals surface area contributed by atoms with Crippen LogP contribution in [-0.2, 0) is 28.6 Å². The van der Waals surface area contributed by atoms with Crippen LogP contribution in [0.4, 0.5) is 0 Å². The zero-order valence-electron chi connectivity index (χ0n) is 14.7. The third kappa shape index (κ3) is 4.69. The highest BCUT2D eigenvalue weighted by Crippen LogP contribution is 2.38. The normalized spacial score (nSPS) is 29.0. The van der Waals surface area contributed by atoms with Crippen molar-refractivity contribution < 1.29 is 26.7 Å². The highest BCUT2D eigenvalue weighted by atomic mass is 32.2. The van der Waals surface area contributed by atoms with Crippen molar-refractivity contribution in [2.45, 2.75) is 58.1 Å². The van der Waals surface area contributed by atoms with Crippen LogP contribution in [0.25, 0.3) is 0 Å². The second kappa shape index (κ2) is 6.91. The number of hydrogen-bond acceptors (Lipinski definition) is 7. The van der Waals surface area contributed by atoms with Crippen molar-refractivity contribution >= 4 is 23.4 Å². The lowest BCUT2D eigenvalue weighted by Crippen LogP contribution is -2.41. The molecular formula is C14H27BN2O6S. The van der Waals surface area contributed by atoms with Crippen LogP contribution in [0.3, 0.4) is 0 Å². The Hall–Kier alpha value is -0.675. The van der Waals surface area contributed by atoms with E-state index in [4.69, 9.17) is 14.4 Å². The minimum absolute atomic E-state index is 0.0154. The second-order valence-electron chi connectivity index (χ2n) is 7.54. The van der Waals surface area contributed by atoms with Gasteiger partial charge >= 0.3 is 23.4 Å². The van der Waals surface area contributed by atoms with Crippen molar-refractivity contribution in [3.8, 4) is 0 Å². The molecule has 2 fully saturated rings. The molecule has 2 rings (SSSR count). The molecule has 0 radical (unpaired) electrons. The molecule has 8 nitrogen and oxygen atoms in total. The van der Waals surface area contributed by atoms with Crippen LogP contribution < -0.4 is 10.5 Å². The Morgan fingerprint density at radius 2 is 1.83 bits per heavy atom. The van der Waals surface area contributed by atoms with Crippen LogP contribution in [0.5, 0.6) is 0 Å². The number of nitrogens with one attached hydrogen (secondary N) is 1. The van der Waals surface area contributed by atoms with E-state index in [1.807, 2.05) is 27.7 Å². The number of carbonyl (C=O) groups is 1. The Balaban J connectivity index is 1.81. The van der Waals surface area contributed by atoms with E-state index in [0.717, 1.165) is 19.2 Å². The summed E-state index contributed by atoms with van der Waals surface area (Å²) in [5, 5.41) is 7.85. The summed E-state index contributed by atoms with van der Waals surface area (Å²) >= 11 is 0. The summed E-state index contributed by atoms with van der Waals surface area (Å²) in [5.74, 6) is -1.27. The molecule has 0 aromatic rings. The van der Waals surface area contributed by atoms with Gasteiger partial charge in [0.1, 0.15) is 0 Å². The van der Waals surface area contributed by atoms with Gasteiger partial charge in [0.15, 0.2) is 0 Å². The lowest BCUT2D eigenvalue weighted by atomic mass is 9.79. The summed E-state index contributed by atoms with van der Waals surface area (Å²) in [4.78, 5) is 11.9. The first kappa shape index (κ1) is 19.6. The maximum atomic E-state index is 11.9. The van der Waals surface area contributed by atoms with Crippen molar-refractivity contribution in [3.05, 3.63) is 0 Å². The van der Waals surface area contributed by atoms with Gasteiger partial charge in [0, 0.05) is 6.54 Å². The average molecular weight is 362 g/mol. The third-order valence-corrected chi connectivity index (χ3v) is 5.55. The molecule has 2 aliphatic heterocycles. The van der Waals surface area contributed by atoms with Crippen LogP contribution in [-0.4, -0.2) is 45.8 Å². The fourth-order valence-electron chi connectivity index (χ4n) is 3.12. The topological polar surface area (TPSA) is 117 Å². The molecule has 2 aliphatic rings. The predicted molar refractivity (Wildman–Crippen MR) is 89.2 cm³/mol. The monoisotopic (exact) mass is 362 g/mol. The molecule has 0 spiro atoms. The van der Waals surface area contributed by atoms with Crippen molar-refractivity contribution in [3.63, 3.8) is 0 Å². The van der Waals surface area contributed by atoms with Crippen molar-refractivity contribution in [2.24, 2.45) is 17.0 Å². The van der Waals surface area contributed by atoms with E-state index in [0.29, 0.717) is 13.1 Å². The van der Waals surface area contributed by atoms with Gasteiger partial charge in [-0.1, -0.05) is 6.42 Å². The molecular weight excluding hydrogens is 335 g/mol. The lowest BCUT2D eigenvalue weighted by molar-refractivity contribution is -0.139. The Bertz CT molecular complexity index is 564. The number of hydrogen-bond donors (Lipinski definition) is 2. The molecule has 10 heteroatoms. The smallest absolute Gasteiger partial charge is 0.403 e. The van der Waals surface area contributed by atoms with Gasteiger partial charge in [-0.25, -0.2) is 0 Å². The molecule has 0 aromatic carbocycles. The van der Waals surface area contributed by atoms with Gasteiger partial charge in [-0.15, -0.1) is 0 Å². The minimum Gasteiger partial charge on any atom is -0.403 e. The molecule has 2 unspecified atom stereocenters. The molecule has 138 valence electrons. The summed E-state index contributed by atoms with van der Waals surface area (Å²) in [7, 11) is -4.53. The summed E-state index contributed by atoms with van der Waals surface area (Å²) in [6.07, 6.45) is 2.28. The number of nitrogens with two attached hydrogens (primary N) is 1. The fourth-order valence-corrected chi connectivity index (χ4v) is 3.47. The fraction of sp³-hybridized carbons (Fsp3) is 0.929. The van der Waals surface area contributed by atoms with Gasteiger partial charge in [0.2, 0.25) is 0 Å². The molecule has 0 aliphatic carbocycles. The van der Waals surface area contributed by atoms with Crippen molar-refractivity contribution in [1.29, 1.82) is 0 Å². The van der Waals surface area contributed by atoms with Crippen LogP contribution in [0, 0.1) is 11.8 Å². The summed E-state index contributed by atoms with van der Waals surface area (Å²) < 4.78 is 38.0. The van der Waals surface area contributed by atoms with Crippen molar-refractivity contribution in [2.75, 3.05) is 13.1 Å². The largest absolute Gasteiger partial charge is 0.457 e. The number of rotatable bonds is 6. The van der Waals surface area contributed by atoms with E-state index in [1.54, 1.807) is 0 Å². The lowest BCUT2D eigenvalue weighted by Gasteiger charge is -2.32. The van der Waals surface area contributed by atoms with Gasteiger partial charge in [0.05, 0.1) is 17.1 Å². The first-order valence-corrected chi connectivity index (χ1v) is 9.71. The maximum Gasteiger partial charge on any atom is 0.457 e. The quantitative estimate of drug-likeness (QED) is 0.659. The highest BCUT2D eigenvalue weighted by Gasteiger charge is 2.50. The van der Waals surface area contributed by atoms with E-state index in [-0.39, 0.29) is 24.2 Å². The van der Waals surface area contributed by atoms with E-state index in [9.17, 15) is 13.2 Å². The zero-order chi connectivity index (χ0) is 18.2. The van der Waals surface area contributed by atoms with Gasteiger partial charge in [-0.2, -0.15) is 13.6 Å². The van der Waals surface area contributed by atoms with Crippen LogP contribution in [0.1, 0.15) is 40.5 Å². The Kier molecular flexibility index (Phi) is 5.66. The second-order valence-corrected chi connectivity index (χ2v) is 8.69. The summed E-state index contributed by atoms with van der Waals surface area (Å²) in [6.45, 7) is 9.07. The molecule has 3 N–H and O–H groups in total. The van der Waals surface area contributed by atoms with Crippen LogP contribution >= 0.6 is 0 Å². The molecule has 2 atom stereocenters. The van der Waals surface area contributed by atoms with E-state index < -0.39 is 22.2 Å². The molecule has 24 heavy (non-hydrogen) atoms. The first-order chi connectivity index (χ1) is 10.9. The molecule has 0 bridgehead atoms. The average Bonchev–Trinajstić information content (AvgIpc) is 2.90. The van der Waals surface area contributed by atoms with E-state index in [1.165, 1.54) is 0 Å². The molecule has 2 heterocycles. The zero-order valence-corrected chi connectivity index (χ0v) is 15.5. The predicted octanol–water partition coefficient (Wildman–Crippen LogP) is 0.441. The van der Waals surface area contributed by atoms with Crippen molar-refractivity contribution in [1.82, 2.24) is 5.32 Å². The van der Waals surface area contributed by atoms with E-state index >= 15 is 0 Å². The summed E-state index contributed by atoms with van der Waals surface area (Å²) in [5.41, 5.74) is -0.706. The SMILES string of the molecule is CC1(C)OB(CCCC2CNCC2C(=O)OS(N)(=O)=O)OC1(C)C. The van der Waals surface area contributed by atoms with Crippen LogP contribution in [0.2, 0.25) is 6.32 Å². The molecule has 0 aromatic heterocycles. The van der Waals surface area contributed by atoms with Crippen LogP contribution in [0.15, 0.2) is 0 Å². The van der Waals surface area contributed by atoms with Gasteiger partial charge in [-0.3, -0.25) is 4.79 Å². The third-order valence-electron chi connectivity index (χ3n) is 5.16. The molecule has 0 saturated carbocycles. The Morgan fingerprint density at radius 3 is 2.38 bits per heavy atom. The van der Waals surface area contributed by atoms with Gasteiger partial charge in [0.25, 0.3) is 0 Å².